The molecule has 0 unspecified atom stereocenters. The van der Waals surface area contributed by atoms with Crippen LogP contribution in [0.25, 0.3) is 0 Å². The molecule has 0 heterocycles. The lowest BCUT2D eigenvalue weighted by atomic mass is 10.1. The first kappa shape index (κ1) is 13.8. The van der Waals surface area contributed by atoms with Crippen molar-refractivity contribution in [1.82, 2.24) is 4.90 Å². The fraction of sp³-hybridized carbons (Fsp3) is 0.286. The second-order valence-electron chi connectivity index (χ2n) is 3.71. The standard InChI is InChI=1S/C14H15NO3/c1-3-9-15(11-16)13(14(17)18-2)10-12-7-5-4-6-8-12/h1,4-8,11,13H,9-10H2,2H3/t13-/m0/s1. The summed E-state index contributed by atoms with van der Waals surface area (Å²) >= 11 is 0. The summed E-state index contributed by atoms with van der Waals surface area (Å²) in [6.45, 7) is 0.0795. The first-order valence-electron chi connectivity index (χ1n) is 5.49. The predicted octanol–water partition coefficient (Wildman–Crippen LogP) is 0.862. The molecular formula is C14H15NO3. The minimum atomic E-state index is -0.689. The maximum atomic E-state index is 11.7. The van der Waals surface area contributed by atoms with Gasteiger partial charge in [0, 0.05) is 6.42 Å². The lowest BCUT2D eigenvalue weighted by Gasteiger charge is -2.24. The third kappa shape index (κ3) is 3.63. The monoisotopic (exact) mass is 245 g/mol. The van der Waals surface area contributed by atoms with Crippen molar-refractivity contribution < 1.29 is 14.3 Å². The van der Waals surface area contributed by atoms with E-state index in [9.17, 15) is 9.59 Å². The van der Waals surface area contributed by atoms with Gasteiger partial charge in [-0.1, -0.05) is 36.3 Å². The highest BCUT2D eigenvalue weighted by Crippen LogP contribution is 2.09. The van der Waals surface area contributed by atoms with Gasteiger partial charge in [-0.05, 0) is 5.56 Å². The molecule has 1 atom stereocenters. The molecule has 0 saturated heterocycles. The zero-order chi connectivity index (χ0) is 13.4. The minimum absolute atomic E-state index is 0.0795. The third-order valence-electron chi connectivity index (χ3n) is 2.55. The molecule has 18 heavy (non-hydrogen) atoms. The van der Waals surface area contributed by atoms with Gasteiger partial charge in [-0.3, -0.25) is 4.79 Å². The maximum absolute atomic E-state index is 11.7. The summed E-state index contributed by atoms with van der Waals surface area (Å²) in [6.07, 6.45) is 6.13. The van der Waals surface area contributed by atoms with E-state index >= 15 is 0 Å². The number of hydrogen-bond acceptors (Lipinski definition) is 3. The molecule has 1 aromatic carbocycles. The third-order valence-corrected chi connectivity index (χ3v) is 2.55. The number of ether oxygens (including phenoxy) is 1. The molecule has 0 aromatic heterocycles. The fourth-order valence-electron chi connectivity index (χ4n) is 1.64. The smallest absolute Gasteiger partial charge is 0.328 e. The van der Waals surface area contributed by atoms with Crippen LogP contribution in [0.4, 0.5) is 0 Å². The van der Waals surface area contributed by atoms with Crippen LogP contribution >= 0.6 is 0 Å². The molecule has 0 radical (unpaired) electrons. The molecular weight excluding hydrogens is 230 g/mol. The molecule has 0 aliphatic heterocycles. The SMILES string of the molecule is C#CCN(C=O)[C@@H](Cc1ccccc1)C(=O)OC. The maximum Gasteiger partial charge on any atom is 0.328 e. The average Bonchev–Trinajstić information content (AvgIpc) is 2.43. The van der Waals surface area contributed by atoms with Crippen molar-refractivity contribution in [1.29, 1.82) is 0 Å². The number of hydrogen-bond donors (Lipinski definition) is 0. The van der Waals surface area contributed by atoms with Gasteiger partial charge in [-0.15, -0.1) is 6.42 Å². The number of benzene rings is 1. The van der Waals surface area contributed by atoms with Crippen molar-refractivity contribution in [2.24, 2.45) is 0 Å². The van der Waals surface area contributed by atoms with Gasteiger partial charge in [0.25, 0.3) is 0 Å². The minimum Gasteiger partial charge on any atom is -0.467 e. The van der Waals surface area contributed by atoms with Crippen LogP contribution in [0.5, 0.6) is 0 Å². The van der Waals surface area contributed by atoms with Gasteiger partial charge in [-0.2, -0.15) is 0 Å². The summed E-state index contributed by atoms with van der Waals surface area (Å²) < 4.78 is 4.71. The van der Waals surface area contributed by atoms with Crippen LogP contribution in [-0.2, 0) is 20.7 Å². The molecule has 1 aromatic rings. The summed E-state index contributed by atoms with van der Waals surface area (Å²) in [5, 5.41) is 0. The molecule has 4 heteroatoms. The summed E-state index contributed by atoms with van der Waals surface area (Å²) in [4.78, 5) is 23.9. The zero-order valence-electron chi connectivity index (χ0n) is 10.2. The Kier molecular flexibility index (Phi) is 5.46. The molecule has 0 fully saturated rings. The summed E-state index contributed by atoms with van der Waals surface area (Å²) in [5.74, 6) is 1.88. The average molecular weight is 245 g/mol. The highest BCUT2D eigenvalue weighted by atomic mass is 16.5. The van der Waals surface area contributed by atoms with Crippen LogP contribution in [0.3, 0.4) is 0 Å². The quantitative estimate of drug-likeness (QED) is 0.424. The Morgan fingerprint density at radius 3 is 2.67 bits per heavy atom. The van der Waals surface area contributed by atoms with Gasteiger partial charge in [0.15, 0.2) is 0 Å². The molecule has 4 nitrogen and oxygen atoms in total. The molecule has 0 bridgehead atoms. The first-order chi connectivity index (χ1) is 8.72. The largest absolute Gasteiger partial charge is 0.467 e. The highest BCUT2D eigenvalue weighted by molar-refractivity contribution is 5.78. The number of methoxy groups -OCH3 is 1. The van der Waals surface area contributed by atoms with Crippen molar-refractivity contribution in [3.8, 4) is 12.3 Å². The normalized spacial score (nSPS) is 11.1. The second kappa shape index (κ2) is 7.13. The van der Waals surface area contributed by atoms with E-state index in [0.29, 0.717) is 12.8 Å². The Morgan fingerprint density at radius 1 is 1.50 bits per heavy atom. The van der Waals surface area contributed by atoms with Gasteiger partial charge in [0.2, 0.25) is 6.41 Å². The first-order valence-corrected chi connectivity index (χ1v) is 5.49. The van der Waals surface area contributed by atoms with Gasteiger partial charge in [-0.25, -0.2) is 4.79 Å². The number of nitrogens with zero attached hydrogens (tertiary/aromatic N) is 1. The van der Waals surface area contributed by atoms with Crippen molar-refractivity contribution in [3.63, 3.8) is 0 Å². The van der Waals surface area contributed by atoms with Gasteiger partial charge in [0.1, 0.15) is 6.04 Å². The Labute approximate surface area is 107 Å². The van der Waals surface area contributed by atoms with E-state index in [0.717, 1.165) is 5.56 Å². The predicted molar refractivity (Wildman–Crippen MR) is 67.6 cm³/mol. The number of carbonyl (C=O) groups excluding carboxylic acids is 2. The number of esters is 1. The van der Waals surface area contributed by atoms with Crippen molar-refractivity contribution in [3.05, 3.63) is 35.9 Å². The van der Waals surface area contributed by atoms with Crippen LogP contribution < -0.4 is 0 Å². The fourth-order valence-corrected chi connectivity index (χ4v) is 1.64. The number of terminal acetylenes is 1. The van der Waals surface area contributed by atoms with E-state index in [1.165, 1.54) is 12.0 Å². The molecule has 1 rings (SSSR count). The molecule has 0 N–H and O–H groups in total. The Bertz CT molecular complexity index is 436. The zero-order valence-corrected chi connectivity index (χ0v) is 10.2. The van der Waals surface area contributed by atoms with Crippen LogP contribution in [0.2, 0.25) is 0 Å². The van der Waals surface area contributed by atoms with Gasteiger partial charge in [0.05, 0.1) is 13.7 Å². The molecule has 94 valence electrons. The Hall–Kier alpha value is -2.28. The van der Waals surface area contributed by atoms with Crippen molar-refractivity contribution >= 4 is 12.4 Å². The molecule has 0 saturated carbocycles. The second-order valence-corrected chi connectivity index (χ2v) is 3.71. The number of carbonyl (C=O) groups is 2. The van der Waals surface area contributed by atoms with Gasteiger partial charge >= 0.3 is 5.97 Å². The van der Waals surface area contributed by atoms with Crippen LogP contribution in [0.15, 0.2) is 30.3 Å². The lowest BCUT2D eigenvalue weighted by molar-refractivity contribution is -0.149. The molecule has 1 amide bonds. The van der Waals surface area contributed by atoms with E-state index in [-0.39, 0.29) is 6.54 Å². The summed E-state index contributed by atoms with van der Waals surface area (Å²) in [6, 6.07) is 8.71. The van der Waals surface area contributed by atoms with Crippen molar-refractivity contribution in [2.75, 3.05) is 13.7 Å². The molecule has 0 aliphatic carbocycles. The van der Waals surface area contributed by atoms with E-state index in [4.69, 9.17) is 11.2 Å². The van der Waals surface area contributed by atoms with Gasteiger partial charge < -0.3 is 9.64 Å². The van der Waals surface area contributed by atoms with Crippen LogP contribution in [0, 0.1) is 12.3 Å². The topological polar surface area (TPSA) is 46.6 Å². The Morgan fingerprint density at radius 2 is 2.17 bits per heavy atom. The highest BCUT2D eigenvalue weighted by Gasteiger charge is 2.25. The summed E-state index contributed by atoms with van der Waals surface area (Å²) in [5.41, 5.74) is 0.941. The Balaban J connectivity index is 2.88. The lowest BCUT2D eigenvalue weighted by Crippen LogP contribution is -2.42. The van der Waals surface area contributed by atoms with Crippen LogP contribution in [0.1, 0.15) is 5.56 Å². The van der Waals surface area contributed by atoms with E-state index in [1.807, 2.05) is 30.3 Å². The van der Waals surface area contributed by atoms with Crippen molar-refractivity contribution in [2.45, 2.75) is 12.5 Å². The summed E-state index contributed by atoms with van der Waals surface area (Å²) in [7, 11) is 1.29. The van der Waals surface area contributed by atoms with E-state index in [1.54, 1.807) is 0 Å². The molecule has 0 spiro atoms. The number of amides is 1. The number of rotatable bonds is 6. The molecule has 0 aliphatic rings. The van der Waals surface area contributed by atoms with Crippen LogP contribution in [-0.4, -0.2) is 37.0 Å². The van der Waals surface area contributed by atoms with E-state index < -0.39 is 12.0 Å². The van der Waals surface area contributed by atoms with E-state index in [2.05, 4.69) is 5.92 Å².